The molecule has 3 aromatic rings. The van der Waals surface area contributed by atoms with Crippen LogP contribution in [0.15, 0.2) is 59.5 Å². The van der Waals surface area contributed by atoms with E-state index >= 15 is 0 Å². The maximum Gasteiger partial charge on any atom is 0.239 e. The highest BCUT2D eigenvalue weighted by Crippen LogP contribution is 2.29. The molecule has 0 aliphatic heterocycles. The zero-order chi connectivity index (χ0) is 17.6. The molecular weight excluding hydrogens is 374 g/mol. The molecular formula is C18H16ClN3OS2. The van der Waals surface area contributed by atoms with Gasteiger partial charge in [-0.15, -0.1) is 22.0 Å². The normalized spacial score (nSPS) is 11.9. The van der Waals surface area contributed by atoms with Crippen molar-refractivity contribution in [3.63, 3.8) is 0 Å². The summed E-state index contributed by atoms with van der Waals surface area (Å²) in [6, 6.07) is 17.3. The third-order valence-electron chi connectivity index (χ3n) is 3.43. The van der Waals surface area contributed by atoms with Crippen molar-refractivity contribution in [2.45, 2.75) is 23.5 Å². The molecule has 4 nitrogen and oxygen atoms in total. The second-order valence-electron chi connectivity index (χ2n) is 5.24. The quantitative estimate of drug-likeness (QED) is 0.576. The Morgan fingerprint density at radius 1 is 1.16 bits per heavy atom. The van der Waals surface area contributed by atoms with E-state index in [-0.39, 0.29) is 11.2 Å². The number of halogens is 1. The highest BCUT2D eigenvalue weighted by atomic mass is 35.5. The lowest BCUT2D eigenvalue weighted by molar-refractivity contribution is -0.115. The van der Waals surface area contributed by atoms with Crippen LogP contribution in [-0.4, -0.2) is 21.4 Å². The lowest BCUT2D eigenvalue weighted by Gasteiger charge is -2.13. The molecule has 1 unspecified atom stereocenters. The van der Waals surface area contributed by atoms with E-state index in [4.69, 9.17) is 11.6 Å². The van der Waals surface area contributed by atoms with Gasteiger partial charge in [0.1, 0.15) is 5.01 Å². The Hall–Kier alpha value is -1.89. The van der Waals surface area contributed by atoms with E-state index in [1.54, 1.807) is 23.9 Å². The standard InChI is InChI=1S/C18H16ClN3OS2/c1-2-15(24-14-6-4-3-5-7-14)16(23)20-18-22-21-17(25-18)12-8-10-13(19)11-9-12/h3-11,15H,2H2,1H3,(H,20,22,23). The van der Waals surface area contributed by atoms with Crippen LogP contribution < -0.4 is 5.32 Å². The molecule has 1 heterocycles. The fourth-order valence-electron chi connectivity index (χ4n) is 2.15. The molecule has 25 heavy (non-hydrogen) atoms. The largest absolute Gasteiger partial charge is 0.300 e. The van der Waals surface area contributed by atoms with Crippen molar-refractivity contribution in [1.82, 2.24) is 10.2 Å². The van der Waals surface area contributed by atoms with Gasteiger partial charge < -0.3 is 0 Å². The number of nitrogens with one attached hydrogen (secondary N) is 1. The lowest BCUT2D eigenvalue weighted by Crippen LogP contribution is -2.24. The van der Waals surface area contributed by atoms with Gasteiger partial charge in [-0.25, -0.2) is 0 Å². The number of thioether (sulfide) groups is 1. The minimum atomic E-state index is -0.176. The van der Waals surface area contributed by atoms with Gasteiger partial charge in [-0.2, -0.15) is 0 Å². The molecule has 0 bridgehead atoms. The highest BCUT2D eigenvalue weighted by molar-refractivity contribution is 8.00. The summed E-state index contributed by atoms with van der Waals surface area (Å²) >= 11 is 8.80. The molecule has 2 aromatic carbocycles. The molecule has 7 heteroatoms. The van der Waals surface area contributed by atoms with E-state index in [0.29, 0.717) is 10.2 Å². The molecule has 0 saturated heterocycles. The Morgan fingerprint density at radius 2 is 1.88 bits per heavy atom. The van der Waals surface area contributed by atoms with Gasteiger partial charge in [-0.05, 0) is 30.7 Å². The molecule has 1 amide bonds. The maximum atomic E-state index is 12.5. The van der Waals surface area contributed by atoms with Crippen molar-refractivity contribution in [3.8, 4) is 10.6 Å². The van der Waals surface area contributed by atoms with Crippen molar-refractivity contribution in [2.24, 2.45) is 0 Å². The molecule has 1 aromatic heterocycles. The van der Waals surface area contributed by atoms with Crippen LogP contribution in [0.2, 0.25) is 5.02 Å². The Kier molecular flexibility index (Phi) is 6.07. The number of anilines is 1. The number of carbonyl (C=O) groups excluding carboxylic acids is 1. The zero-order valence-corrected chi connectivity index (χ0v) is 15.9. The topological polar surface area (TPSA) is 54.9 Å². The number of amides is 1. The third-order valence-corrected chi connectivity index (χ3v) is 5.95. The number of aromatic nitrogens is 2. The molecule has 0 aliphatic carbocycles. The number of carbonyl (C=O) groups is 1. The Labute approximate surface area is 159 Å². The van der Waals surface area contributed by atoms with Gasteiger partial charge in [0.15, 0.2) is 0 Å². The molecule has 3 rings (SSSR count). The lowest BCUT2D eigenvalue weighted by atomic mass is 10.2. The Bertz CT molecular complexity index is 837. The van der Waals surface area contributed by atoms with E-state index < -0.39 is 0 Å². The van der Waals surface area contributed by atoms with Crippen LogP contribution in [0, 0.1) is 0 Å². The Morgan fingerprint density at radius 3 is 2.56 bits per heavy atom. The predicted octanol–water partition coefficient (Wildman–Crippen LogP) is 5.37. The van der Waals surface area contributed by atoms with Crippen LogP contribution in [-0.2, 0) is 4.79 Å². The first-order chi connectivity index (χ1) is 12.2. The van der Waals surface area contributed by atoms with Crippen LogP contribution in [0.4, 0.5) is 5.13 Å². The average molecular weight is 390 g/mol. The summed E-state index contributed by atoms with van der Waals surface area (Å²) in [5.41, 5.74) is 0.924. The third kappa shape index (κ3) is 4.81. The number of hydrogen-bond acceptors (Lipinski definition) is 5. The summed E-state index contributed by atoms with van der Waals surface area (Å²) in [7, 11) is 0. The minimum Gasteiger partial charge on any atom is -0.300 e. The number of benzene rings is 2. The molecule has 0 spiro atoms. The monoisotopic (exact) mass is 389 g/mol. The molecule has 0 aliphatic rings. The van der Waals surface area contributed by atoms with Gasteiger partial charge in [0.2, 0.25) is 11.0 Å². The van der Waals surface area contributed by atoms with Gasteiger partial charge in [-0.3, -0.25) is 10.1 Å². The van der Waals surface area contributed by atoms with Gasteiger partial charge in [0.05, 0.1) is 5.25 Å². The first-order valence-electron chi connectivity index (χ1n) is 7.77. The zero-order valence-electron chi connectivity index (χ0n) is 13.5. The number of nitrogens with zero attached hydrogens (tertiary/aromatic N) is 2. The molecule has 128 valence electrons. The Balaban J connectivity index is 1.67. The van der Waals surface area contributed by atoms with E-state index in [0.717, 1.165) is 21.9 Å². The SMILES string of the molecule is CCC(Sc1ccccc1)C(=O)Nc1nnc(-c2ccc(Cl)cc2)s1. The summed E-state index contributed by atoms with van der Waals surface area (Å²) in [6.45, 7) is 2.00. The summed E-state index contributed by atoms with van der Waals surface area (Å²) in [6.07, 6.45) is 0.730. The van der Waals surface area contributed by atoms with E-state index in [1.165, 1.54) is 11.3 Å². The van der Waals surface area contributed by atoms with Gasteiger partial charge in [-0.1, -0.05) is 60.2 Å². The van der Waals surface area contributed by atoms with Crippen molar-refractivity contribution in [3.05, 3.63) is 59.6 Å². The number of hydrogen-bond donors (Lipinski definition) is 1. The van der Waals surface area contributed by atoms with Crippen LogP contribution in [0.5, 0.6) is 0 Å². The van der Waals surface area contributed by atoms with Crippen molar-refractivity contribution >= 4 is 45.7 Å². The van der Waals surface area contributed by atoms with Gasteiger partial charge in [0.25, 0.3) is 0 Å². The van der Waals surface area contributed by atoms with Crippen LogP contribution >= 0.6 is 34.7 Å². The summed E-state index contributed by atoms with van der Waals surface area (Å²) in [4.78, 5) is 13.6. The van der Waals surface area contributed by atoms with Crippen LogP contribution in [0.3, 0.4) is 0 Å². The van der Waals surface area contributed by atoms with E-state index in [9.17, 15) is 4.79 Å². The summed E-state index contributed by atoms with van der Waals surface area (Å²) in [5, 5.41) is 12.8. The highest BCUT2D eigenvalue weighted by Gasteiger charge is 2.19. The summed E-state index contributed by atoms with van der Waals surface area (Å²) in [5.74, 6) is -0.0600. The molecule has 0 radical (unpaired) electrons. The second-order valence-corrected chi connectivity index (χ2v) is 7.93. The van der Waals surface area contributed by atoms with E-state index in [2.05, 4.69) is 15.5 Å². The van der Waals surface area contributed by atoms with Crippen LogP contribution in [0.25, 0.3) is 10.6 Å². The molecule has 1 atom stereocenters. The van der Waals surface area contributed by atoms with Crippen LogP contribution in [0.1, 0.15) is 13.3 Å². The molecule has 0 fully saturated rings. The van der Waals surface area contributed by atoms with Crippen molar-refractivity contribution in [2.75, 3.05) is 5.32 Å². The first-order valence-corrected chi connectivity index (χ1v) is 9.85. The van der Waals surface area contributed by atoms with Crippen molar-refractivity contribution in [1.29, 1.82) is 0 Å². The maximum absolute atomic E-state index is 12.5. The first kappa shape index (κ1) is 17.9. The van der Waals surface area contributed by atoms with Gasteiger partial charge >= 0.3 is 0 Å². The molecule has 1 N–H and O–H groups in total. The number of rotatable bonds is 6. The summed E-state index contributed by atoms with van der Waals surface area (Å²) < 4.78 is 0. The van der Waals surface area contributed by atoms with E-state index in [1.807, 2.05) is 49.4 Å². The minimum absolute atomic E-state index is 0.0600. The fraction of sp³-hybridized carbons (Fsp3) is 0.167. The fourth-order valence-corrected chi connectivity index (χ4v) is 4.01. The second kappa shape index (κ2) is 8.47. The smallest absolute Gasteiger partial charge is 0.239 e. The van der Waals surface area contributed by atoms with Gasteiger partial charge in [0, 0.05) is 15.5 Å². The average Bonchev–Trinajstić information content (AvgIpc) is 3.09. The molecule has 0 saturated carbocycles. The van der Waals surface area contributed by atoms with Crippen molar-refractivity contribution < 1.29 is 4.79 Å². The predicted molar refractivity (Wildman–Crippen MR) is 105 cm³/mol.